The van der Waals surface area contributed by atoms with Crippen molar-refractivity contribution in [3.05, 3.63) is 58.7 Å². The van der Waals surface area contributed by atoms with Gasteiger partial charge in [-0.2, -0.15) is 0 Å². The van der Waals surface area contributed by atoms with E-state index in [1.54, 1.807) is 11.0 Å². The molecular weight excluding hydrogens is 440 g/mol. The molecular formula is C25H32N2O5S. The molecule has 0 spiro atoms. The quantitative estimate of drug-likeness (QED) is 0.667. The number of nitrogens with zero attached hydrogens (tertiary/aromatic N) is 1. The van der Waals surface area contributed by atoms with Gasteiger partial charge in [0.1, 0.15) is 5.75 Å². The van der Waals surface area contributed by atoms with Crippen molar-refractivity contribution in [1.29, 1.82) is 0 Å². The summed E-state index contributed by atoms with van der Waals surface area (Å²) in [6.45, 7) is 3.83. The highest BCUT2D eigenvalue weighted by Crippen LogP contribution is 2.29. The van der Waals surface area contributed by atoms with E-state index in [0.717, 1.165) is 18.4 Å². The number of nitrogens with one attached hydrogen (secondary N) is 1. The average molecular weight is 473 g/mol. The predicted molar refractivity (Wildman–Crippen MR) is 126 cm³/mol. The van der Waals surface area contributed by atoms with Crippen molar-refractivity contribution in [1.82, 2.24) is 9.62 Å². The van der Waals surface area contributed by atoms with Crippen LogP contribution in [0.25, 0.3) is 0 Å². The molecule has 33 heavy (non-hydrogen) atoms. The van der Waals surface area contributed by atoms with E-state index in [1.807, 2.05) is 13.0 Å². The smallest absolute Gasteiger partial charge is 0.257 e. The van der Waals surface area contributed by atoms with E-state index < -0.39 is 10.0 Å². The maximum Gasteiger partial charge on any atom is 0.257 e. The van der Waals surface area contributed by atoms with E-state index in [4.69, 9.17) is 9.47 Å². The molecule has 0 saturated carbocycles. The Kier molecular flexibility index (Phi) is 7.36. The summed E-state index contributed by atoms with van der Waals surface area (Å²) in [5.41, 5.74) is 3.90. The van der Waals surface area contributed by atoms with Crippen molar-refractivity contribution < 1.29 is 22.7 Å². The van der Waals surface area contributed by atoms with Crippen LogP contribution in [0.1, 0.15) is 59.3 Å². The third-order valence-corrected chi connectivity index (χ3v) is 7.96. The van der Waals surface area contributed by atoms with Gasteiger partial charge >= 0.3 is 0 Å². The van der Waals surface area contributed by atoms with Gasteiger partial charge in [0.15, 0.2) is 0 Å². The first kappa shape index (κ1) is 23.7. The van der Waals surface area contributed by atoms with Gasteiger partial charge < -0.3 is 14.4 Å². The highest BCUT2D eigenvalue weighted by molar-refractivity contribution is 7.89. The van der Waals surface area contributed by atoms with Gasteiger partial charge in [-0.05, 0) is 67.0 Å². The molecule has 2 aromatic rings. The Morgan fingerprint density at radius 3 is 2.52 bits per heavy atom. The number of carbonyl (C=O) groups is 1. The summed E-state index contributed by atoms with van der Waals surface area (Å²) in [7, 11) is -2.38. The third kappa shape index (κ3) is 5.23. The van der Waals surface area contributed by atoms with Crippen LogP contribution in [-0.2, 0) is 27.6 Å². The molecule has 0 bridgehead atoms. The predicted octanol–water partition coefficient (Wildman–Crippen LogP) is 3.48. The van der Waals surface area contributed by atoms with Gasteiger partial charge in [-0.15, -0.1) is 0 Å². The van der Waals surface area contributed by atoms with Crippen molar-refractivity contribution in [3.8, 4) is 5.75 Å². The second kappa shape index (κ2) is 10.2. The SMILES string of the molecule is CCC(NS(=O)(=O)c1ccc(OC)c(C(=O)N2CCOCC2)c1)c1ccc2c(c1)CCCC2. The molecule has 1 atom stereocenters. The topological polar surface area (TPSA) is 84.9 Å². The van der Waals surface area contributed by atoms with E-state index in [0.29, 0.717) is 38.5 Å². The lowest BCUT2D eigenvalue weighted by Gasteiger charge is -2.27. The molecule has 0 aromatic heterocycles. The molecule has 4 rings (SSSR count). The van der Waals surface area contributed by atoms with Crippen LogP contribution in [0.5, 0.6) is 5.75 Å². The summed E-state index contributed by atoms with van der Waals surface area (Å²) in [6, 6.07) is 10.4. The molecule has 2 aliphatic rings. The third-order valence-electron chi connectivity index (χ3n) is 6.49. The Morgan fingerprint density at radius 1 is 1.09 bits per heavy atom. The van der Waals surface area contributed by atoms with Crippen LogP contribution in [0.15, 0.2) is 41.3 Å². The number of aryl methyl sites for hydroxylation is 2. The zero-order chi connectivity index (χ0) is 23.4. The Hall–Kier alpha value is -2.42. The Labute approximate surface area is 196 Å². The van der Waals surface area contributed by atoms with Crippen LogP contribution in [-0.4, -0.2) is 52.6 Å². The Balaban J connectivity index is 1.60. The average Bonchev–Trinajstić information content (AvgIpc) is 2.86. The van der Waals surface area contributed by atoms with Crippen LogP contribution in [0.3, 0.4) is 0 Å². The molecule has 7 nitrogen and oxygen atoms in total. The van der Waals surface area contributed by atoms with Gasteiger partial charge in [0.25, 0.3) is 5.91 Å². The molecule has 1 saturated heterocycles. The van der Waals surface area contributed by atoms with Crippen molar-refractivity contribution in [2.24, 2.45) is 0 Å². The number of fused-ring (bicyclic) bond motifs is 1. The molecule has 1 aliphatic heterocycles. The number of ether oxygens (including phenoxy) is 2. The second-order valence-corrected chi connectivity index (χ2v) is 10.3. The zero-order valence-corrected chi connectivity index (χ0v) is 20.1. The fourth-order valence-corrected chi connectivity index (χ4v) is 5.90. The highest BCUT2D eigenvalue weighted by Gasteiger charge is 2.26. The zero-order valence-electron chi connectivity index (χ0n) is 19.3. The minimum Gasteiger partial charge on any atom is -0.496 e. The number of amides is 1. The first-order chi connectivity index (χ1) is 15.9. The molecule has 0 radical (unpaired) electrons. The molecule has 1 amide bonds. The van der Waals surface area contributed by atoms with Crippen LogP contribution in [0.2, 0.25) is 0 Å². The monoisotopic (exact) mass is 472 g/mol. The summed E-state index contributed by atoms with van der Waals surface area (Å²) in [5.74, 6) is 0.0982. The van der Waals surface area contributed by atoms with E-state index in [2.05, 4.69) is 16.9 Å². The van der Waals surface area contributed by atoms with Gasteiger partial charge in [-0.25, -0.2) is 13.1 Å². The van der Waals surface area contributed by atoms with Crippen molar-refractivity contribution in [2.75, 3.05) is 33.4 Å². The largest absolute Gasteiger partial charge is 0.496 e. The Morgan fingerprint density at radius 2 is 1.82 bits per heavy atom. The molecule has 1 N–H and O–H groups in total. The van der Waals surface area contributed by atoms with Crippen LogP contribution >= 0.6 is 0 Å². The van der Waals surface area contributed by atoms with Crippen molar-refractivity contribution >= 4 is 15.9 Å². The minimum absolute atomic E-state index is 0.0521. The van der Waals surface area contributed by atoms with Gasteiger partial charge in [0, 0.05) is 19.1 Å². The van der Waals surface area contributed by atoms with E-state index in [9.17, 15) is 13.2 Å². The van der Waals surface area contributed by atoms with Gasteiger partial charge in [0.2, 0.25) is 10.0 Å². The van der Waals surface area contributed by atoms with Crippen LogP contribution in [0, 0.1) is 0 Å². The standard InChI is InChI=1S/C25H32N2O5S/c1-3-23(20-9-8-18-6-4-5-7-19(18)16-20)26-33(29,30)21-10-11-24(31-2)22(17-21)25(28)27-12-14-32-15-13-27/h8-11,16-17,23,26H,3-7,12-15H2,1-2H3. The number of sulfonamides is 1. The first-order valence-corrected chi connectivity index (χ1v) is 13.1. The van der Waals surface area contributed by atoms with Gasteiger partial charge in [-0.3, -0.25) is 4.79 Å². The summed E-state index contributed by atoms with van der Waals surface area (Å²) < 4.78 is 40.2. The fourth-order valence-electron chi connectivity index (χ4n) is 4.57. The van der Waals surface area contributed by atoms with Crippen LogP contribution in [0.4, 0.5) is 0 Å². The molecule has 1 fully saturated rings. The molecule has 178 valence electrons. The molecule has 1 aliphatic carbocycles. The minimum atomic E-state index is -3.85. The lowest BCUT2D eigenvalue weighted by atomic mass is 9.89. The number of benzene rings is 2. The van der Waals surface area contributed by atoms with Crippen molar-refractivity contribution in [2.45, 2.75) is 50.0 Å². The van der Waals surface area contributed by atoms with Gasteiger partial charge in [-0.1, -0.05) is 25.1 Å². The summed E-state index contributed by atoms with van der Waals surface area (Å²) >= 11 is 0. The lowest BCUT2D eigenvalue weighted by molar-refractivity contribution is 0.0300. The Bertz CT molecular complexity index is 1110. The fraction of sp³-hybridized carbons (Fsp3) is 0.480. The van der Waals surface area contributed by atoms with E-state index in [-0.39, 0.29) is 22.4 Å². The maximum atomic E-state index is 13.3. The number of carbonyl (C=O) groups excluding carboxylic acids is 1. The second-order valence-electron chi connectivity index (χ2n) is 8.58. The van der Waals surface area contributed by atoms with E-state index in [1.165, 1.54) is 43.2 Å². The van der Waals surface area contributed by atoms with Crippen LogP contribution < -0.4 is 9.46 Å². The highest BCUT2D eigenvalue weighted by atomic mass is 32.2. The molecule has 1 unspecified atom stereocenters. The van der Waals surface area contributed by atoms with Crippen molar-refractivity contribution in [3.63, 3.8) is 0 Å². The lowest BCUT2D eigenvalue weighted by Crippen LogP contribution is -2.40. The number of hydrogen-bond acceptors (Lipinski definition) is 5. The molecule has 8 heteroatoms. The number of hydrogen-bond donors (Lipinski definition) is 1. The first-order valence-electron chi connectivity index (χ1n) is 11.6. The summed E-state index contributed by atoms with van der Waals surface area (Å²) in [4.78, 5) is 14.8. The summed E-state index contributed by atoms with van der Waals surface area (Å²) in [6.07, 6.45) is 5.12. The summed E-state index contributed by atoms with van der Waals surface area (Å²) in [5, 5.41) is 0. The number of morpholine rings is 1. The normalized spacial score (nSPS) is 17.3. The van der Waals surface area contributed by atoms with E-state index >= 15 is 0 Å². The number of rotatable bonds is 7. The molecule has 1 heterocycles. The molecule has 2 aromatic carbocycles. The van der Waals surface area contributed by atoms with Gasteiger partial charge in [0.05, 0.1) is 30.8 Å². The maximum absolute atomic E-state index is 13.3. The number of methoxy groups -OCH3 is 1.